The second-order valence-electron chi connectivity index (χ2n) is 3.15. The van der Waals surface area contributed by atoms with Gasteiger partial charge in [-0.25, -0.2) is 13.2 Å². The molecule has 1 N–H and O–H groups in total. The molecule has 16 heavy (non-hydrogen) atoms. The van der Waals surface area contributed by atoms with Crippen LogP contribution >= 0.6 is 0 Å². The normalized spacial score (nSPS) is 11.2. The molecule has 3 nitrogen and oxygen atoms in total. The van der Waals surface area contributed by atoms with E-state index in [1.165, 1.54) is 18.2 Å². The third kappa shape index (κ3) is 3.80. The number of rotatable bonds is 5. The number of aliphatic carboxylic acids is 1. The van der Waals surface area contributed by atoms with E-state index in [2.05, 4.69) is 4.74 Å². The fourth-order valence-corrected chi connectivity index (χ4v) is 1.02. The van der Waals surface area contributed by atoms with Crippen LogP contribution < -0.4 is 4.74 Å². The highest BCUT2D eigenvalue weighted by molar-refractivity contribution is 5.67. The van der Waals surface area contributed by atoms with Gasteiger partial charge in [-0.15, -0.1) is 0 Å². The molecule has 0 amide bonds. The lowest BCUT2D eigenvalue weighted by atomic mass is 10.2. The SMILES string of the molecule is O=C(O)CC(F)(F)COc1ccccc1F. The Bertz CT molecular complexity index is 379. The monoisotopic (exact) mass is 234 g/mol. The van der Waals surface area contributed by atoms with Crippen LogP contribution in [0.1, 0.15) is 6.42 Å². The summed E-state index contributed by atoms with van der Waals surface area (Å²) in [5.74, 6) is -6.25. The summed E-state index contributed by atoms with van der Waals surface area (Å²) in [6.45, 7) is -1.17. The van der Waals surface area contributed by atoms with Crippen LogP contribution in [0, 0.1) is 5.82 Å². The summed E-state index contributed by atoms with van der Waals surface area (Å²) in [5.41, 5.74) is 0. The molecule has 0 fully saturated rings. The zero-order valence-electron chi connectivity index (χ0n) is 8.12. The highest BCUT2D eigenvalue weighted by atomic mass is 19.3. The Hall–Kier alpha value is -1.72. The van der Waals surface area contributed by atoms with Crippen molar-refractivity contribution in [2.45, 2.75) is 12.3 Å². The van der Waals surface area contributed by atoms with Crippen molar-refractivity contribution in [2.75, 3.05) is 6.61 Å². The van der Waals surface area contributed by atoms with Crippen LogP contribution in [0.3, 0.4) is 0 Å². The quantitative estimate of drug-likeness (QED) is 0.850. The molecule has 0 radical (unpaired) electrons. The van der Waals surface area contributed by atoms with Crippen molar-refractivity contribution in [2.24, 2.45) is 0 Å². The largest absolute Gasteiger partial charge is 0.484 e. The third-order valence-electron chi connectivity index (χ3n) is 1.69. The van der Waals surface area contributed by atoms with Crippen molar-refractivity contribution < 1.29 is 27.8 Å². The van der Waals surface area contributed by atoms with Gasteiger partial charge in [0.15, 0.2) is 18.2 Å². The van der Waals surface area contributed by atoms with E-state index in [0.717, 1.165) is 6.07 Å². The molecule has 1 rings (SSSR count). The van der Waals surface area contributed by atoms with Gasteiger partial charge >= 0.3 is 5.97 Å². The molecule has 0 aliphatic heterocycles. The van der Waals surface area contributed by atoms with Gasteiger partial charge in [-0.05, 0) is 12.1 Å². The average molecular weight is 234 g/mol. The topological polar surface area (TPSA) is 46.5 Å². The lowest BCUT2D eigenvalue weighted by molar-refractivity contribution is -0.147. The molecule has 0 unspecified atom stereocenters. The molecule has 0 aliphatic rings. The lowest BCUT2D eigenvalue weighted by Crippen LogP contribution is -2.28. The van der Waals surface area contributed by atoms with Crippen LogP contribution in [0.25, 0.3) is 0 Å². The summed E-state index contributed by atoms with van der Waals surface area (Å²) >= 11 is 0. The lowest BCUT2D eigenvalue weighted by Gasteiger charge is -2.15. The van der Waals surface area contributed by atoms with Crippen molar-refractivity contribution >= 4 is 5.97 Å². The number of halogens is 3. The van der Waals surface area contributed by atoms with Gasteiger partial charge in [0, 0.05) is 0 Å². The second kappa shape index (κ2) is 4.87. The number of benzene rings is 1. The van der Waals surface area contributed by atoms with Gasteiger partial charge in [-0.2, -0.15) is 0 Å². The number of hydrogen-bond acceptors (Lipinski definition) is 2. The first kappa shape index (κ1) is 12.4. The molecule has 0 saturated heterocycles. The Morgan fingerprint density at radius 3 is 2.56 bits per heavy atom. The molecule has 0 heterocycles. The van der Waals surface area contributed by atoms with Crippen LogP contribution in [0.4, 0.5) is 13.2 Å². The number of para-hydroxylation sites is 1. The van der Waals surface area contributed by atoms with Crippen LogP contribution in [-0.4, -0.2) is 23.6 Å². The molecule has 88 valence electrons. The van der Waals surface area contributed by atoms with E-state index in [1.54, 1.807) is 0 Å². The van der Waals surface area contributed by atoms with E-state index in [-0.39, 0.29) is 5.75 Å². The Balaban J connectivity index is 2.57. The molecular weight excluding hydrogens is 225 g/mol. The van der Waals surface area contributed by atoms with Crippen LogP contribution in [0.2, 0.25) is 0 Å². The second-order valence-corrected chi connectivity index (χ2v) is 3.15. The Labute approximate surface area is 89.5 Å². The third-order valence-corrected chi connectivity index (χ3v) is 1.69. The smallest absolute Gasteiger partial charge is 0.309 e. The first-order chi connectivity index (χ1) is 7.41. The van der Waals surface area contributed by atoms with Crippen molar-refractivity contribution in [3.8, 4) is 5.75 Å². The van der Waals surface area contributed by atoms with Crippen LogP contribution in [-0.2, 0) is 4.79 Å². The van der Waals surface area contributed by atoms with Crippen LogP contribution in [0.15, 0.2) is 24.3 Å². The minimum Gasteiger partial charge on any atom is -0.484 e. The van der Waals surface area contributed by atoms with Gasteiger partial charge < -0.3 is 9.84 Å². The van der Waals surface area contributed by atoms with E-state index in [0.29, 0.717) is 0 Å². The molecule has 1 aromatic carbocycles. The summed E-state index contributed by atoms with van der Waals surface area (Å²) in [4.78, 5) is 10.1. The van der Waals surface area contributed by atoms with Crippen molar-refractivity contribution in [3.05, 3.63) is 30.1 Å². The summed E-state index contributed by atoms with van der Waals surface area (Å²) in [5, 5.41) is 8.19. The first-order valence-electron chi connectivity index (χ1n) is 4.38. The van der Waals surface area contributed by atoms with E-state index >= 15 is 0 Å². The summed E-state index contributed by atoms with van der Waals surface area (Å²) in [6.07, 6.45) is -1.35. The Morgan fingerprint density at radius 2 is 2.00 bits per heavy atom. The molecular formula is C10H9F3O3. The first-order valence-corrected chi connectivity index (χ1v) is 4.38. The standard InChI is InChI=1S/C10H9F3O3/c11-7-3-1-2-4-8(7)16-6-10(12,13)5-9(14)15/h1-4H,5-6H2,(H,14,15). The van der Waals surface area contributed by atoms with E-state index in [1.807, 2.05) is 0 Å². The van der Waals surface area contributed by atoms with Gasteiger partial charge in [0.2, 0.25) is 0 Å². The summed E-state index contributed by atoms with van der Waals surface area (Å²) < 4.78 is 43.2. The van der Waals surface area contributed by atoms with Crippen LogP contribution in [0.5, 0.6) is 5.75 Å². The zero-order valence-corrected chi connectivity index (χ0v) is 8.12. The number of alkyl halides is 2. The predicted octanol–water partition coefficient (Wildman–Crippen LogP) is 2.31. The van der Waals surface area contributed by atoms with E-state index < -0.39 is 30.7 Å². The van der Waals surface area contributed by atoms with Crippen molar-refractivity contribution in [1.29, 1.82) is 0 Å². The van der Waals surface area contributed by atoms with Gasteiger partial charge in [-0.3, -0.25) is 4.79 Å². The number of carboxylic acid groups (broad SMARTS) is 1. The molecule has 6 heteroatoms. The maximum absolute atomic E-state index is 12.9. The van der Waals surface area contributed by atoms with Gasteiger partial charge in [0.1, 0.15) is 6.42 Å². The van der Waals surface area contributed by atoms with Gasteiger partial charge in [0.05, 0.1) is 0 Å². The van der Waals surface area contributed by atoms with Gasteiger partial charge in [0.25, 0.3) is 5.92 Å². The average Bonchev–Trinajstić information content (AvgIpc) is 2.14. The zero-order chi connectivity index (χ0) is 12.2. The number of hydrogen-bond donors (Lipinski definition) is 1. The number of carboxylic acids is 1. The van der Waals surface area contributed by atoms with E-state index in [9.17, 15) is 18.0 Å². The maximum atomic E-state index is 12.9. The van der Waals surface area contributed by atoms with E-state index in [4.69, 9.17) is 5.11 Å². The molecule has 0 aromatic heterocycles. The van der Waals surface area contributed by atoms with Crippen molar-refractivity contribution in [3.63, 3.8) is 0 Å². The molecule has 1 aromatic rings. The number of ether oxygens (including phenoxy) is 1. The molecule has 0 spiro atoms. The number of carbonyl (C=O) groups is 1. The summed E-state index contributed by atoms with van der Waals surface area (Å²) in [6, 6.07) is 5.06. The molecule has 0 saturated carbocycles. The fraction of sp³-hybridized carbons (Fsp3) is 0.300. The highest BCUT2D eigenvalue weighted by Crippen LogP contribution is 2.22. The predicted molar refractivity (Wildman–Crippen MR) is 49.1 cm³/mol. The molecule has 0 bridgehead atoms. The molecule has 0 aliphatic carbocycles. The fourth-order valence-electron chi connectivity index (χ4n) is 1.02. The highest BCUT2D eigenvalue weighted by Gasteiger charge is 2.33. The Morgan fingerprint density at radius 1 is 1.38 bits per heavy atom. The van der Waals surface area contributed by atoms with Crippen molar-refractivity contribution in [1.82, 2.24) is 0 Å². The molecule has 0 atom stereocenters. The minimum atomic E-state index is -3.52. The summed E-state index contributed by atoms with van der Waals surface area (Å²) in [7, 11) is 0. The van der Waals surface area contributed by atoms with Gasteiger partial charge in [-0.1, -0.05) is 12.1 Å². The Kier molecular flexibility index (Phi) is 3.76. The maximum Gasteiger partial charge on any atom is 0.309 e. The minimum absolute atomic E-state index is 0.326.